The third-order valence-corrected chi connectivity index (χ3v) is 6.02. The Morgan fingerprint density at radius 3 is 2.61 bits per heavy atom. The van der Waals surface area contributed by atoms with E-state index in [-0.39, 0.29) is 30.3 Å². The number of benzene rings is 2. The van der Waals surface area contributed by atoms with E-state index >= 15 is 0 Å². The zero-order chi connectivity index (χ0) is 28.0. The van der Waals surface area contributed by atoms with Crippen LogP contribution in [0.4, 0.5) is 5.69 Å². The first-order valence-electron chi connectivity index (χ1n) is 11.9. The molecule has 2 aromatic carbocycles. The van der Waals surface area contributed by atoms with Crippen LogP contribution in [0.1, 0.15) is 44.7 Å². The number of fused-ring (bicyclic) bond motifs is 1. The average Bonchev–Trinajstić information content (AvgIpc) is 3.21. The van der Waals surface area contributed by atoms with Crippen LogP contribution >= 0.6 is 11.6 Å². The molecule has 3 aromatic rings. The molecule has 1 aliphatic rings. The van der Waals surface area contributed by atoms with E-state index in [2.05, 4.69) is 20.7 Å². The molecule has 38 heavy (non-hydrogen) atoms. The molecule has 4 rings (SSSR count). The summed E-state index contributed by atoms with van der Waals surface area (Å²) in [6, 6.07) is 10.3. The number of phenols is 1. The molecular weight excluding hydrogens is 514 g/mol. The van der Waals surface area contributed by atoms with Gasteiger partial charge in [0.1, 0.15) is 17.3 Å². The fourth-order valence-corrected chi connectivity index (χ4v) is 3.90. The van der Waals surface area contributed by atoms with Crippen LogP contribution < -0.4 is 15.4 Å². The molecule has 2 heterocycles. The number of hydrogen-bond donors (Lipinski definition) is 5. The normalized spacial score (nSPS) is 13.5. The number of nitrogens with one attached hydrogen (secondary N) is 2. The Morgan fingerprint density at radius 2 is 1.95 bits per heavy atom. The molecular formula is C26H32ClN5O6. The molecule has 0 spiro atoms. The van der Waals surface area contributed by atoms with E-state index in [0.717, 1.165) is 24.7 Å². The summed E-state index contributed by atoms with van der Waals surface area (Å²) >= 11 is 5.97. The SMILES string of the molecule is CC(=O)O.Cc1nc(-c2ccc(Cl)cc2)nn1CCC(C)(C)NC[C@H](O)c1cc(O)cc2c1OCC(=O)N2. The molecule has 5 N–H and O–H groups in total. The van der Waals surface area contributed by atoms with Crippen molar-refractivity contribution in [2.24, 2.45) is 0 Å². The number of carbonyl (C=O) groups is 2. The van der Waals surface area contributed by atoms with E-state index in [1.165, 1.54) is 12.1 Å². The highest BCUT2D eigenvalue weighted by atomic mass is 35.5. The molecule has 0 radical (unpaired) electrons. The third kappa shape index (κ3) is 7.91. The van der Waals surface area contributed by atoms with Crippen LogP contribution in [0.2, 0.25) is 5.02 Å². The zero-order valence-electron chi connectivity index (χ0n) is 21.7. The number of carboxylic acids is 1. The highest BCUT2D eigenvalue weighted by molar-refractivity contribution is 6.30. The van der Waals surface area contributed by atoms with Crippen molar-refractivity contribution in [3.05, 3.63) is 52.8 Å². The van der Waals surface area contributed by atoms with Crippen LogP contribution in [0.5, 0.6) is 11.5 Å². The number of aromatic hydroxyl groups is 1. The highest BCUT2D eigenvalue weighted by Crippen LogP contribution is 2.38. The van der Waals surface area contributed by atoms with Crippen molar-refractivity contribution >= 4 is 29.2 Å². The summed E-state index contributed by atoms with van der Waals surface area (Å²) in [5.41, 5.74) is 1.34. The first-order valence-corrected chi connectivity index (χ1v) is 12.3. The third-order valence-electron chi connectivity index (χ3n) is 5.76. The van der Waals surface area contributed by atoms with E-state index < -0.39 is 12.1 Å². The van der Waals surface area contributed by atoms with Crippen LogP contribution in [-0.2, 0) is 16.1 Å². The van der Waals surface area contributed by atoms with Gasteiger partial charge in [0.15, 0.2) is 12.4 Å². The Morgan fingerprint density at radius 1 is 1.29 bits per heavy atom. The molecule has 1 amide bonds. The van der Waals surface area contributed by atoms with Gasteiger partial charge < -0.3 is 30.7 Å². The Balaban J connectivity index is 0.000000934. The molecule has 204 valence electrons. The molecule has 0 unspecified atom stereocenters. The molecule has 0 saturated carbocycles. The molecule has 1 aromatic heterocycles. The minimum atomic E-state index is -0.945. The van der Waals surface area contributed by atoms with Gasteiger partial charge in [0.05, 0.1) is 11.8 Å². The molecule has 11 nitrogen and oxygen atoms in total. The van der Waals surface area contributed by atoms with E-state index in [1.54, 1.807) is 0 Å². The Bertz CT molecular complexity index is 1290. The van der Waals surface area contributed by atoms with Gasteiger partial charge in [-0.3, -0.25) is 9.59 Å². The van der Waals surface area contributed by atoms with Gasteiger partial charge in [0.2, 0.25) is 0 Å². The van der Waals surface area contributed by atoms with Crippen molar-refractivity contribution in [1.82, 2.24) is 20.1 Å². The zero-order valence-corrected chi connectivity index (χ0v) is 22.4. The van der Waals surface area contributed by atoms with E-state index in [0.29, 0.717) is 34.4 Å². The molecule has 0 bridgehead atoms. The lowest BCUT2D eigenvalue weighted by Gasteiger charge is -2.29. The number of hydrogen-bond acceptors (Lipinski definition) is 8. The van der Waals surface area contributed by atoms with Crippen molar-refractivity contribution in [1.29, 1.82) is 0 Å². The molecule has 12 heteroatoms. The fourth-order valence-electron chi connectivity index (χ4n) is 3.77. The Hall–Kier alpha value is -3.67. The maximum Gasteiger partial charge on any atom is 0.300 e. The van der Waals surface area contributed by atoms with E-state index in [9.17, 15) is 15.0 Å². The second-order valence-corrected chi connectivity index (χ2v) is 9.95. The van der Waals surface area contributed by atoms with Crippen molar-refractivity contribution in [3.63, 3.8) is 0 Å². The van der Waals surface area contributed by atoms with Crippen molar-refractivity contribution in [3.8, 4) is 22.9 Å². The number of aliphatic carboxylic acids is 1. The van der Waals surface area contributed by atoms with Gasteiger partial charge in [-0.1, -0.05) is 11.6 Å². The Labute approximate surface area is 225 Å². The largest absolute Gasteiger partial charge is 0.508 e. The van der Waals surface area contributed by atoms with Crippen molar-refractivity contribution < 1.29 is 29.6 Å². The maximum absolute atomic E-state index is 11.6. The summed E-state index contributed by atoms with van der Waals surface area (Å²) in [5.74, 6) is 0.636. The summed E-state index contributed by atoms with van der Waals surface area (Å²) in [5, 5.41) is 39.5. The lowest BCUT2D eigenvalue weighted by molar-refractivity contribution is -0.134. The number of anilines is 1. The number of carbonyl (C=O) groups excluding carboxylic acids is 1. The number of amides is 1. The smallest absolute Gasteiger partial charge is 0.300 e. The number of β-amino-alcohol motifs (C(OH)–C–C–N with tert-alkyl or cyclic N) is 1. The number of carboxylic acid groups (broad SMARTS) is 1. The molecule has 1 atom stereocenters. The van der Waals surface area contributed by atoms with Gasteiger partial charge in [-0.05, 0) is 57.5 Å². The topological polar surface area (TPSA) is 159 Å². The van der Waals surface area contributed by atoms with Gasteiger partial charge in [-0.15, -0.1) is 0 Å². The number of aliphatic hydroxyl groups excluding tert-OH is 1. The minimum Gasteiger partial charge on any atom is -0.508 e. The van der Waals surface area contributed by atoms with Gasteiger partial charge in [0, 0.05) is 47.8 Å². The van der Waals surface area contributed by atoms with Crippen LogP contribution in [0.15, 0.2) is 36.4 Å². The van der Waals surface area contributed by atoms with Crippen LogP contribution in [0.3, 0.4) is 0 Å². The van der Waals surface area contributed by atoms with E-state index in [4.69, 9.17) is 26.2 Å². The lowest BCUT2D eigenvalue weighted by atomic mass is 9.99. The first kappa shape index (κ1) is 28.9. The van der Waals surface area contributed by atoms with Gasteiger partial charge >= 0.3 is 0 Å². The summed E-state index contributed by atoms with van der Waals surface area (Å²) < 4.78 is 7.37. The minimum absolute atomic E-state index is 0.0593. The summed E-state index contributed by atoms with van der Waals surface area (Å²) in [7, 11) is 0. The summed E-state index contributed by atoms with van der Waals surface area (Å²) in [6.07, 6.45) is -0.214. The summed E-state index contributed by atoms with van der Waals surface area (Å²) in [4.78, 5) is 25.1. The lowest BCUT2D eigenvalue weighted by Crippen LogP contribution is -2.42. The van der Waals surface area contributed by atoms with Gasteiger partial charge in [-0.25, -0.2) is 9.67 Å². The molecule has 0 aliphatic carbocycles. The van der Waals surface area contributed by atoms with E-state index in [1.807, 2.05) is 49.7 Å². The van der Waals surface area contributed by atoms with Gasteiger partial charge in [0.25, 0.3) is 11.9 Å². The number of aryl methyl sites for hydroxylation is 2. The molecule has 0 saturated heterocycles. The highest BCUT2D eigenvalue weighted by Gasteiger charge is 2.26. The predicted molar refractivity (Wildman–Crippen MR) is 142 cm³/mol. The monoisotopic (exact) mass is 545 g/mol. The number of rotatable bonds is 8. The van der Waals surface area contributed by atoms with Gasteiger partial charge in [-0.2, -0.15) is 5.10 Å². The predicted octanol–water partition coefficient (Wildman–Crippen LogP) is 3.53. The van der Waals surface area contributed by atoms with Crippen molar-refractivity contribution in [2.75, 3.05) is 18.5 Å². The average molecular weight is 546 g/mol. The Kier molecular flexibility index (Phi) is 9.31. The standard InChI is InChI=1S/C24H28ClN5O4.C2H4O2/c1-14-27-23(15-4-6-16(25)7-5-15)29-30(14)9-8-24(2,3)26-12-20(32)18-10-17(31)11-19-22(18)34-13-21(33)28-19;1-2(3)4/h4-7,10-11,20,26,31-32H,8-9,12-13H2,1-3H3,(H,28,33);1H3,(H,3,4)/t20-;/m0./s1. The maximum atomic E-state index is 11.6. The van der Waals surface area contributed by atoms with Crippen LogP contribution in [0.25, 0.3) is 11.4 Å². The number of ether oxygens (including phenoxy) is 1. The van der Waals surface area contributed by atoms with Crippen molar-refractivity contribution in [2.45, 2.75) is 52.3 Å². The van der Waals surface area contributed by atoms with Crippen LogP contribution in [-0.4, -0.2) is 60.7 Å². The van der Waals surface area contributed by atoms with Crippen LogP contribution in [0, 0.1) is 6.92 Å². The number of aliphatic hydroxyl groups is 1. The fraction of sp³-hybridized carbons (Fsp3) is 0.385. The number of halogens is 1. The summed E-state index contributed by atoms with van der Waals surface area (Å²) in [6.45, 7) is 7.82. The number of aromatic nitrogens is 3. The first-order chi connectivity index (χ1) is 17.8. The number of phenolic OH excluding ortho intramolecular Hbond substituents is 1. The second kappa shape index (κ2) is 12.2. The molecule has 0 fully saturated rings. The quantitative estimate of drug-likeness (QED) is 0.285. The molecule has 1 aliphatic heterocycles. The second-order valence-electron chi connectivity index (χ2n) is 9.51. The number of nitrogens with zero attached hydrogens (tertiary/aromatic N) is 3.